The Morgan fingerprint density at radius 3 is 2.73 bits per heavy atom. The fourth-order valence-corrected chi connectivity index (χ4v) is 4.85. The minimum atomic E-state index is -0.0777. The monoisotopic (exact) mass is 496 g/mol. The second kappa shape index (κ2) is 10.0. The van der Waals surface area contributed by atoms with E-state index in [2.05, 4.69) is 31.9 Å². The maximum absolute atomic E-state index is 12.5. The third-order valence-corrected chi connectivity index (χ3v) is 6.88. The van der Waals surface area contributed by atoms with Crippen molar-refractivity contribution < 1.29 is 14.3 Å². The summed E-state index contributed by atoms with van der Waals surface area (Å²) >= 11 is 0. The quantitative estimate of drug-likeness (QED) is 0.364. The number of ether oxygens (including phenoxy) is 1. The Labute approximate surface area is 214 Å². The molecule has 3 N–H and O–H groups in total. The van der Waals surface area contributed by atoms with Crippen molar-refractivity contribution in [2.75, 3.05) is 44.7 Å². The number of rotatable bonds is 7. The van der Waals surface area contributed by atoms with Crippen molar-refractivity contribution in [2.24, 2.45) is 0 Å². The Balaban J connectivity index is 1.14. The zero-order valence-electron chi connectivity index (χ0n) is 20.4. The molecule has 0 spiro atoms. The Morgan fingerprint density at radius 1 is 1.05 bits per heavy atom. The number of hydrogen-bond acceptors (Lipinski definition) is 6. The van der Waals surface area contributed by atoms with Gasteiger partial charge >= 0.3 is 0 Å². The number of nitrogens with one attached hydrogen (secondary N) is 3. The fourth-order valence-electron chi connectivity index (χ4n) is 4.85. The maximum atomic E-state index is 12.5. The highest BCUT2D eigenvalue weighted by atomic mass is 16.5. The van der Waals surface area contributed by atoms with Gasteiger partial charge in [-0.15, -0.1) is 0 Å². The van der Waals surface area contributed by atoms with E-state index in [1.165, 1.54) is 0 Å². The number of hydrogen-bond donors (Lipinski definition) is 3. The van der Waals surface area contributed by atoms with Gasteiger partial charge in [0.05, 0.1) is 24.6 Å². The lowest BCUT2D eigenvalue weighted by Gasteiger charge is -2.26. The van der Waals surface area contributed by atoms with Crippen LogP contribution >= 0.6 is 0 Å². The molecule has 1 fully saturated rings. The third kappa shape index (κ3) is 4.78. The molecule has 0 aliphatic carbocycles. The molecule has 0 unspecified atom stereocenters. The number of amides is 2. The second-order valence-electron chi connectivity index (χ2n) is 9.22. The molecule has 2 aromatic carbocycles. The predicted molar refractivity (Wildman–Crippen MR) is 141 cm³/mol. The van der Waals surface area contributed by atoms with Crippen LogP contribution in [0.25, 0.3) is 16.9 Å². The predicted octanol–water partition coefficient (Wildman–Crippen LogP) is 3.05. The van der Waals surface area contributed by atoms with Crippen molar-refractivity contribution in [3.8, 4) is 11.3 Å². The number of carbonyl (C=O) groups excluding carboxylic acids is 2. The fraction of sp³-hybridized carbons (Fsp3) is 0.250. The van der Waals surface area contributed by atoms with E-state index < -0.39 is 0 Å². The molecule has 4 heterocycles. The van der Waals surface area contributed by atoms with Gasteiger partial charge in [0, 0.05) is 61.9 Å². The summed E-state index contributed by atoms with van der Waals surface area (Å²) in [5.74, 6) is -0.101. The minimum Gasteiger partial charge on any atom is -0.379 e. The molecule has 0 bridgehead atoms. The van der Waals surface area contributed by atoms with Crippen LogP contribution < -0.4 is 16.0 Å². The Kier molecular flexibility index (Phi) is 6.30. The smallest absolute Gasteiger partial charge is 0.251 e. The standard InChI is InChI=1S/C28H28N6O3/c35-27(30-9-11-33-13-15-37-16-14-33)19-1-4-22(5-2-19)32-24-7-8-25(34-12-10-29-26(24)34)20-3-6-23-21(17-20)18-31-28(23)36/h1-8,10,12,17,32H,9,11,13-16,18H2,(H,30,35)(H,31,36). The largest absolute Gasteiger partial charge is 0.379 e. The highest BCUT2D eigenvalue weighted by molar-refractivity contribution is 5.99. The van der Waals surface area contributed by atoms with Crippen molar-refractivity contribution in [3.05, 3.63) is 83.7 Å². The van der Waals surface area contributed by atoms with Crippen LogP contribution in [0.15, 0.2) is 67.0 Å². The number of morpholine rings is 1. The van der Waals surface area contributed by atoms with E-state index >= 15 is 0 Å². The number of fused-ring (bicyclic) bond motifs is 2. The first-order valence-electron chi connectivity index (χ1n) is 12.5. The van der Waals surface area contributed by atoms with Crippen LogP contribution in [-0.2, 0) is 11.3 Å². The lowest BCUT2D eigenvalue weighted by molar-refractivity contribution is 0.0383. The van der Waals surface area contributed by atoms with E-state index in [4.69, 9.17) is 4.74 Å². The van der Waals surface area contributed by atoms with Crippen molar-refractivity contribution >= 4 is 28.8 Å². The average Bonchev–Trinajstić information content (AvgIpc) is 3.57. The number of benzene rings is 2. The summed E-state index contributed by atoms with van der Waals surface area (Å²) in [7, 11) is 0. The molecule has 6 rings (SSSR count). The van der Waals surface area contributed by atoms with Crippen LogP contribution in [0.2, 0.25) is 0 Å². The molecule has 9 nitrogen and oxygen atoms in total. The van der Waals surface area contributed by atoms with Gasteiger partial charge < -0.3 is 20.7 Å². The molecule has 2 amide bonds. The highest BCUT2D eigenvalue weighted by Crippen LogP contribution is 2.29. The number of pyridine rings is 1. The first-order chi connectivity index (χ1) is 18.2. The van der Waals surface area contributed by atoms with Gasteiger partial charge in [0.1, 0.15) is 0 Å². The molecule has 2 aliphatic heterocycles. The number of nitrogens with zero attached hydrogens (tertiary/aromatic N) is 3. The highest BCUT2D eigenvalue weighted by Gasteiger charge is 2.20. The summed E-state index contributed by atoms with van der Waals surface area (Å²) in [6.07, 6.45) is 3.70. The van der Waals surface area contributed by atoms with Gasteiger partial charge in [0.25, 0.3) is 11.8 Å². The topological polar surface area (TPSA) is 100 Å². The van der Waals surface area contributed by atoms with Crippen LogP contribution in [0.5, 0.6) is 0 Å². The molecule has 188 valence electrons. The first-order valence-corrected chi connectivity index (χ1v) is 12.5. The lowest BCUT2D eigenvalue weighted by atomic mass is 10.0. The molecule has 37 heavy (non-hydrogen) atoms. The Bertz CT molecular complexity index is 1460. The molecule has 0 saturated carbocycles. The van der Waals surface area contributed by atoms with Gasteiger partial charge in [0.2, 0.25) is 0 Å². The van der Waals surface area contributed by atoms with Crippen molar-refractivity contribution in [1.82, 2.24) is 24.9 Å². The number of carbonyl (C=O) groups is 2. The van der Waals surface area contributed by atoms with Gasteiger partial charge in [-0.05, 0) is 59.7 Å². The van der Waals surface area contributed by atoms with Gasteiger partial charge in [0.15, 0.2) is 5.65 Å². The summed E-state index contributed by atoms with van der Waals surface area (Å²) < 4.78 is 7.39. The Hall–Kier alpha value is -4.21. The van der Waals surface area contributed by atoms with Crippen molar-refractivity contribution in [3.63, 3.8) is 0 Å². The molecular weight excluding hydrogens is 468 g/mol. The van der Waals surface area contributed by atoms with Crippen LogP contribution in [-0.4, -0.2) is 65.5 Å². The number of aromatic nitrogens is 2. The SMILES string of the molecule is O=C(NCCN1CCOCC1)c1ccc(Nc2ccc(-c3ccc4c(c3)CNC4=O)n3ccnc23)cc1. The normalized spacial score (nSPS) is 15.4. The van der Waals surface area contributed by atoms with E-state index in [0.717, 1.165) is 72.3 Å². The average molecular weight is 497 g/mol. The van der Waals surface area contributed by atoms with Gasteiger partial charge in [-0.3, -0.25) is 18.9 Å². The lowest BCUT2D eigenvalue weighted by Crippen LogP contribution is -2.41. The van der Waals surface area contributed by atoms with Crippen LogP contribution in [0.4, 0.5) is 11.4 Å². The summed E-state index contributed by atoms with van der Waals surface area (Å²) in [6.45, 7) is 5.32. The van der Waals surface area contributed by atoms with Crippen LogP contribution in [0, 0.1) is 0 Å². The molecule has 2 aromatic heterocycles. The molecular formula is C28H28N6O3. The molecule has 0 radical (unpaired) electrons. The summed E-state index contributed by atoms with van der Waals surface area (Å²) in [5.41, 5.74) is 6.88. The van der Waals surface area contributed by atoms with E-state index in [1.54, 1.807) is 6.20 Å². The second-order valence-corrected chi connectivity index (χ2v) is 9.22. The first kappa shape index (κ1) is 23.2. The van der Waals surface area contributed by atoms with Gasteiger partial charge in [-0.2, -0.15) is 0 Å². The van der Waals surface area contributed by atoms with E-state index in [0.29, 0.717) is 18.7 Å². The zero-order chi connectivity index (χ0) is 25.2. The van der Waals surface area contributed by atoms with Crippen molar-refractivity contribution in [2.45, 2.75) is 6.54 Å². The van der Waals surface area contributed by atoms with Gasteiger partial charge in [-0.25, -0.2) is 4.98 Å². The van der Waals surface area contributed by atoms with Gasteiger partial charge in [-0.1, -0.05) is 6.07 Å². The minimum absolute atomic E-state index is 0.0228. The van der Waals surface area contributed by atoms with E-state index in [1.807, 2.05) is 59.1 Å². The number of anilines is 2. The van der Waals surface area contributed by atoms with E-state index in [-0.39, 0.29) is 11.8 Å². The molecule has 4 aromatic rings. The summed E-state index contributed by atoms with van der Waals surface area (Å²) in [5, 5.41) is 9.29. The maximum Gasteiger partial charge on any atom is 0.251 e. The zero-order valence-corrected chi connectivity index (χ0v) is 20.4. The van der Waals surface area contributed by atoms with Crippen LogP contribution in [0.1, 0.15) is 26.3 Å². The van der Waals surface area contributed by atoms with Crippen LogP contribution in [0.3, 0.4) is 0 Å². The third-order valence-electron chi connectivity index (χ3n) is 6.88. The Morgan fingerprint density at radius 2 is 1.89 bits per heavy atom. The molecule has 2 aliphatic rings. The summed E-state index contributed by atoms with van der Waals surface area (Å²) in [4.78, 5) is 31.3. The molecule has 1 saturated heterocycles. The summed E-state index contributed by atoms with van der Waals surface area (Å²) in [6, 6.07) is 17.4. The van der Waals surface area contributed by atoms with E-state index in [9.17, 15) is 9.59 Å². The molecule has 0 atom stereocenters. The van der Waals surface area contributed by atoms with Crippen molar-refractivity contribution in [1.29, 1.82) is 0 Å². The number of imidazole rings is 1. The molecule has 9 heteroatoms.